The molecule has 3 aromatic rings. The number of amides is 2. The number of rotatable bonds is 6. The van der Waals surface area contributed by atoms with E-state index in [1.54, 1.807) is 12.1 Å². The largest absolute Gasteiger partial charge is 0.320 e. The topological polar surface area (TPSA) is 144 Å². The lowest BCUT2D eigenvalue weighted by Crippen LogP contribution is -2.15. The van der Waals surface area contributed by atoms with E-state index in [2.05, 4.69) is 42.5 Å². The number of hydrogen-bond acceptors (Lipinski definition) is 8. The number of nitro groups is 2. The Morgan fingerprint density at radius 1 is 0.781 bits per heavy atom. The van der Waals surface area contributed by atoms with Crippen molar-refractivity contribution < 1.29 is 19.4 Å². The van der Waals surface area contributed by atoms with Crippen molar-refractivity contribution in [3.8, 4) is 20.9 Å². The number of carbonyl (C=O) groups is 2. The highest BCUT2D eigenvalue weighted by Crippen LogP contribution is 2.56. The van der Waals surface area contributed by atoms with Gasteiger partial charge >= 0.3 is 11.4 Å². The van der Waals surface area contributed by atoms with Crippen LogP contribution in [0.25, 0.3) is 20.9 Å². The number of nitro benzene ring substituents is 2. The fourth-order valence-corrected chi connectivity index (χ4v) is 5.94. The fourth-order valence-electron chi connectivity index (χ4n) is 3.06. The fraction of sp³-hybridized carbons (Fsp3) is 0.111. The summed E-state index contributed by atoms with van der Waals surface area (Å²) in [6, 6.07) is 6.31. The molecule has 166 valence electrons. The number of hydrogen-bond donors (Lipinski definition) is 2. The Hall–Kier alpha value is -2.68. The average molecular weight is 604 g/mol. The van der Waals surface area contributed by atoms with Crippen LogP contribution in [0.1, 0.15) is 13.8 Å². The highest BCUT2D eigenvalue weighted by Gasteiger charge is 2.39. The second-order valence-corrected chi connectivity index (χ2v) is 11.2. The van der Waals surface area contributed by atoms with Crippen molar-refractivity contribution in [1.82, 2.24) is 0 Å². The molecule has 0 saturated carbocycles. The first kappa shape index (κ1) is 24.0. The minimum atomic E-state index is -0.727. The van der Waals surface area contributed by atoms with Gasteiger partial charge in [0.1, 0.15) is 22.5 Å². The van der Waals surface area contributed by atoms with E-state index in [4.69, 9.17) is 0 Å². The first-order chi connectivity index (χ1) is 15.0. The summed E-state index contributed by atoms with van der Waals surface area (Å²) < 4.78 is 1.23. The number of benzene rings is 1. The van der Waals surface area contributed by atoms with Crippen molar-refractivity contribution in [3.05, 3.63) is 52.1 Å². The standard InChI is InChI=1S/C18H12Br2N4O6S2/c1-7(25)21-15-13(9-3-5-11(19)31-9)18(24(29)30)16(22-8(2)26)14(17(15)23(27)28)10-4-6-12(20)32-10/h3-6H,1-2H3,(H,21,25)(H,22,26). The molecule has 1 aromatic carbocycles. The first-order valence-corrected chi connectivity index (χ1v) is 11.8. The highest BCUT2D eigenvalue weighted by molar-refractivity contribution is 9.11. The third-order valence-corrected chi connectivity index (χ3v) is 7.34. The zero-order valence-electron chi connectivity index (χ0n) is 16.2. The van der Waals surface area contributed by atoms with Gasteiger partial charge < -0.3 is 10.6 Å². The summed E-state index contributed by atoms with van der Waals surface area (Å²) >= 11 is 8.74. The molecule has 3 rings (SSSR count). The number of carbonyl (C=O) groups excluding carboxylic acids is 2. The van der Waals surface area contributed by atoms with Crippen molar-refractivity contribution in [3.63, 3.8) is 0 Å². The average Bonchev–Trinajstić information content (AvgIpc) is 3.28. The lowest BCUT2D eigenvalue weighted by Gasteiger charge is -2.17. The van der Waals surface area contributed by atoms with E-state index < -0.39 is 33.0 Å². The summed E-state index contributed by atoms with van der Waals surface area (Å²) in [5.41, 5.74) is -2.12. The monoisotopic (exact) mass is 602 g/mol. The van der Waals surface area contributed by atoms with Crippen LogP contribution in [-0.4, -0.2) is 21.7 Å². The Labute approximate surface area is 205 Å². The van der Waals surface area contributed by atoms with Crippen molar-refractivity contribution >= 4 is 89.1 Å². The van der Waals surface area contributed by atoms with Gasteiger partial charge in [-0.1, -0.05) is 0 Å². The summed E-state index contributed by atoms with van der Waals surface area (Å²) in [4.78, 5) is 47.7. The molecule has 14 heteroatoms. The molecule has 0 aliphatic rings. The molecule has 2 aromatic heterocycles. The number of anilines is 2. The van der Waals surface area contributed by atoms with Gasteiger partial charge in [-0.2, -0.15) is 0 Å². The molecule has 32 heavy (non-hydrogen) atoms. The van der Waals surface area contributed by atoms with Gasteiger partial charge in [-0.3, -0.25) is 29.8 Å². The second-order valence-electron chi connectivity index (χ2n) is 6.28. The number of thiophene rings is 2. The number of nitrogens with zero attached hydrogens (tertiary/aromatic N) is 2. The van der Waals surface area contributed by atoms with Gasteiger partial charge in [0.25, 0.3) is 0 Å². The highest BCUT2D eigenvalue weighted by atomic mass is 79.9. The lowest BCUT2D eigenvalue weighted by atomic mass is 9.97. The smallest absolute Gasteiger partial charge is 0.304 e. The SMILES string of the molecule is CC(=O)Nc1c(-c2ccc(Br)s2)c([N+](=O)[O-])c(NC(C)=O)c(-c2ccc(Br)s2)c1[N+](=O)[O-]. The second kappa shape index (κ2) is 9.44. The number of nitrogens with one attached hydrogen (secondary N) is 2. The van der Waals surface area contributed by atoms with Crippen LogP contribution < -0.4 is 10.6 Å². The molecular formula is C18H12Br2N4O6S2. The van der Waals surface area contributed by atoms with Crippen LogP contribution in [0.2, 0.25) is 0 Å². The summed E-state index contributed by atoms with van der Waals surface area (Å²) in [6.45, 7) is 2.29. The Morgan fingerprint density at radius 2 is 1.12 bits per heavy atom. The molecule has 0 unspecified atom stereocenters. The van der Waals surface area contributed by atoms with Gasteiger partial charge in [-0.25, -0.2) is 0 Å². The van der Waals surface area contributed by atoms with E-state index in [-0.39, 0.29) is 22.5 Å². The predicted octanol–water partition coefficient (Wildman–Crippen LogP) is 6.40. The Morgan fingerprint density at radius 3 is 1.34 bits per heavy atom. The molecule has 2 N–H and O–H groups in total. The summed E-state index contributed by atoms with van der Waals surface area (Å²) in [6.07, 6.45) is 0. The van der Waals surface area contributed by atoms with E-state index in [0.717, 1.165) is 36.5 Å². The van der Waals surface area contributed by atoms with Crippen molar-refractivity contribution in [1.29, 1.82) is 0 Å². The minimum absolute atomic E-state index is 0.171. The molecule has 0 radical (unpaired) electrons. The third-order valence-electron chi connectivity index (χ3n) is 4.05. The van der Waals surface area contributed by atoms with E-state index in [9.17, 15) is 29.8 Å². The molecule has 2 amide bonds. The van der Waals surface area contributed by atoms with Gasteiger partial charge in [-0.15, -0.1) is 22.7 Å². The van der Waals surface area contributed by atoms with E-state index in [1.165, 1.54) is 12.1 Å². The van der Waals surface area contributed by atoms with Crippen LogP contribution >= 0.6 is 54.5 Å². The zero-order chi connectivity index (χ0) is 23.7. The van der Waals surface area contributed by atoms with Gasteiger partial charge in [0, 0.05) is 23.6 Å². The molecule has 10 nitrogen and oxygen atoms in total. The Balaban J connectivity index is 2.64. The van der Waals surface area contributed by atoms with Crippen LogP contribution in [0.3, 0.4) is 0 Å². The van der Waals surface area contributed by atoms with Gasteiger partial charge in [0.2, 0.25) is 11.8 Å². The molecule has 0 aliphatic carbocycles. The van der Waals surface area contributed by atoms with Crippen LogP contribution in [-0.2, 0) is 9.59 Å². The molecule has 0 atom stereocenters. The van der Waals surface area contributed by atoms with Crippen LogP contribution in [0.5, 0.6) is 0 Å². The van der Waals surface area contributed by atoms with Crippen molar-refractivity contribution in [2.24, 2.45) is 0 Å². The molecule has 0 fully saturated rings. The van der Waals surface area contributed by atoms with Crippen LogP contribution in [0.15, 0.2) is 31.8 Å². The molecule has 0 aliphatic heterocycles. The summed E-state index contributed by atoms with van der Waals surface area (Å²) in [5, 5.41) is 29.4. The Bertz CT molecular complexity index is 1190. The van der Waals surface area contributed by atoms with Gasteiger partial charge in [0.15, 0.2) is 0 Å². The minimum Gasteiger partial charge on any atom is -0.320 e. The van der Waals surface area contributed by atoms with Crippen LogP contribution in [0.4, 0.5) is 22.7 Å². The van der Waals surface area contributed by atoms with Crippen molar-refractivity contribution in [2.75, 3.05) is 10.6 Å². The third kappa shape index (κ3) is 4.72. The quantitative estimate of drug-likeness (QED) is 0.246. The maximum Gasteiger partial charge on any atom is 0.304 e. The van der Waals surface area contributed by atoms with Crippen molar-refractivity contribution in [2.45, 2.75) is 13.8 Å². The summed E-state index contributed by atoms with van der Waals surface area (Å²) in [5.74, 6) is -1.30. The maximum atomic E-state index is 12.3. The Kier molecular flexibility index (Phi) is 7.07. The lowest BCUT2D eigenvalue weighted by molar-refractivity contribution is -0.386. The van der Waals surface area contributed by atoms with Crippen LogP contribution in [0, 0.1) is 20.2 Å². The predicted molar refractivity (Wildman–Crippen MR) is 130 cm³/mol. The van der Waals surface area contributed by atoms with E-state index in [0.29, 0.717) is 17.3 Å². The molecule has 0 bridgehead atoms. The molecular weight excluding hydrogens is 592 g/mol. The number of halogens is 2. The normalized spacial score (nSPS) is 10.6. The van der Waals surface area contributed by atoms with E-state index in [1.807, 2.05) is 0 Å². The van der Waals surface area contributed by atoms with Gasteiger partial charge in [-0.05, 0) is 56.1 Å². The molecule has 0 spiro atoms. The summed E-state index contributed by atoms with van der Waals surface area (Å²) in [7, 11) is 0. The first-order valence-electron chi connectivity index (χ1n) is 8.60. The zero-order valence-corrected chi connectivity index (χ0v) is 21.0. The van der Waals surface area contributed by atoms with Gasteiger partial charge in [0.05, 0.1) is 17.4 Å². The molecule has 0 saturated heterocycles. The maximum absolute atomic E-state index is 12.3. The van der Waals surface area contributed by atoms with E-state index >= 15 is 0 Å². The molecule has 2 heterocycles.